The zero-order valence-electron chi connectivity index (χ0n) is 40.2. The van der Waals surface area contributed by atoms with E-state index in [1.165, 1.54) is 38.9 Å². The van der Waals surface area contributed by atoms with Gasteiger partial charge in [-0.1, -0.05) is 151 Å². The summed E-state index contributed by atoms with van der Waals surface area (Å²) in [4.78, 5) is 0. The SMILES string of the molecule is CC(C)(C)c1c(-c2ccc(F)cc2)c(-n2c3ccccc3c3ccc4oc5ccccc5c4c32)c(-c2ccc(F)cc2)c(C(C)(C)C)c1C1CCc2ccccc2-c2ccc3oc4ccccc4c3c21. The zero-order valence-corrected chi connectivity index (χ0v) is 40.2. The molecule has 5 heteroatoms. The summed E-state index contributed by atoms with van der Waals surface area (Å²) in [5.41, 5.74) is 17.8. The van der Waals surface area contributed by atoms with Gasteiger partial charge in [-0.05, 0) is 134 Å². The molecule has 3 aromatic heterocycles. The van der Waals surface area contributed by atoms with Crippen LogP contribution in [0.15, 0.2) is 179 Å². The molecule has 3 heterocycles. The van der Waals surface area contributed by atoms with Gasteiger partial charge < -0.3 is 13.4 Å². The van der Waals surface area contributed by atoms with Crippen LogP contribution in [0.25, 0.3) is 105 Å². The molecule has 0 amide bonds. The summed E-state index contributed by atoms with van der Waals surface area (Å²) in [6.45, 7) is 14.0. The molecule has 0 spiro atoms. The second kappa shape index (κ2) is 15.4. The van der Waals surface area contributed by atoms with Gasteiger partial charge in [0.15, 0.2) is 0 Å². The standard InChI is InChI=1S/C65H51F2NO2/c1-64(2,3)60-54(38-23-28-40(66)29-24-38)63(68-49-20-12-9-17-43(49)45-34-36-53-58(62(45)68)47-19-11-14-22-51(47)70-53)55(39-25-30-41(67)31-26-39)61(65(4,5)6)59(60)48-32-27-37-15-7-8-16-42(37)44-33-35-52-57(56(44)48)46-18-10-13-21-50(46)69-52/h7-26,28-31,33-36,48H,27,32H2,1-6H3. The van der Waals surface area contributed by atoms with Crippen molar-refractivity contribution in [3.05, 3.63) is 209 Å². The number of hydrogen-bond acceptors (Lipinski definition) is 2. The molecule has 12 aromatic rings. The van der Waals surface area contributed by atoms with Crippen molar-refractivity contribution >= 4 is 65.7 Å². The fourth-order valence-electron chi connectivity index (χ4n) is 12.4. The summed E-state index contributed by atoms with van der Waals surface area (Å²) in [6, 6.07) is 57.1. The van der Waals surface area contributed by atoms with Gasteiger partial charge in [-0.2, -0.15) is 0 Å². The number of para-hydroxylation sites is 3. The van der Waals surface area contributed by atoms with Crippen molar-refractivity contribution < 1.29 is 17.6 Å². The molecule has 70 heavy (non-hydrogen) atoms. The van der Waals surface area contributed by atoms with Crippen molar-refractivity contribution in [3.63, 3.8) is 0 Å². The number of fused-ring (bicyclic) bond motifs is 14. The first kappa shape index (κ1) is 42.4. The number of halogens is 2. The van der Waals surface area contributed by atoms with E-state index in [1.54, 1.807) is 24.3 Å². The van der Waals surface area contributed by atoms with Gasteiger partial charge in [0.2, 0.25) is 0 Å². The molecule has 342 valence electrons. The molecule has 13 rings (SSSR count). The van der Waals surface area contributed by atoms with Gasteiger partial charge in [0.05, 0.1) is 22.1 Å². The summed E-state index contributed by atoms with van der Waals surface area (Å²) in [5.74, 6) is -0.757. The molecule has 0 radical (unpaired) electrons. The Labute approximate surface area is 405 Å². The number of aromatic nitrogens is 1. The second-order valence-corrected chi connectivity index (χ2v) is 21.3. The van der Waals surface area contributed by atoms with E-state index in [0.717, 1.165) is 106 Å². The maximum atomic E-state index is 15.5. The Morgan fingerprint density at radius 3 is 1.59 bits per heavy atom. The average Bonchev–Trinajstić information content (AvgIpc) is 3.99. The van der Waals surface area contributed by atoms with Gasteiger partial charge in [-0.3, -0.25) is 0 Å². The van der Waals surface area contributed by atoms with Gasteiger partial charge in [-0.25, -0.2) is 8.78 Å². The highest BCUT2D eigenvalue weighted by Gasteiger charge is 2.41. The molecule has 1 atom stereocenters. The first-order valence-electron chi connectivity index (χ1n) is 24.5. The number of aryl methyl sites for hydroxylation is 1. The molecule has 0 N–H and O–H groups in total. The van der Waals surface area contributed by atoms with Gasteiger partial charge in [-0.15, -0.1) is 0 Å². The maximum Gasteiger partial charge on any atom is 0.137 e. The van der Waals surface area contributed by atoms with E-state index in [1.807, 2.05) is 42.5 Å². The lowest BCUT2D eigenvalue weighted by atomic mass is 9.65. The molecular formula is C65H51F2NO2. The molecule has 3 nitrogen and oxygen atoms in total. The van der Waals surface area contributed by atoms with Crippen LogP contribution in [0.5, 0.6) is 0 Å². The number of benzene rings is 9. The molecule has 1 unspecified atom stereocenters. The fourth-order valence-corrected chi connectivity index (χ4v) is 12.4. The second-order valence-electron chi connectivity index (χ2n) is 21.3. The Bertz CT molecular complexity index is 4010. The average molecular weight is 916 g/mol. The lowest BCUT2D eigenvalue weighted by Crippen LogP contribution is -2.27. The highest BCUT2D eigenvalue weighted by molar-refractivity contribution is 6.25. The lowest BCUT2D eigenvalue weighted by Gasteiger charge is -2.40. The quantitative estimate of drug-likeness (QED) is 0.176. The molecular weight excluding hydrogens is 865 g/mol. The van der Waals surface area contributed by atoms with Crippen molar-refractivity contribution in [1.29, 1.82) is 0 Å². The van der Waals surface area contributed by atoms with Gasteiger partial charge in [0, 0.05) is 44.0 Å². The van der Waals surface area contributed by atoms with E-state index >= 15 is 8.78 Å². The third kappa shape index (κ3) is 6.30. The van der Waals surface area contributed by atoms with Crippen LogP contribution >= 0.6 is 0 Å². The number of rotatable bonds is 4. The minimum absolute atomic E-state index is 0.148. The van der Waals surface area contributed by atoms with Crippen LogP contribution in [0.4, 0.5) is 8.78 Å². The summed E-state index contributed by atoms with van der Waals surface area (Å²) >= 11 is 0. The molecule has 0 saturated carbocycles. The topological polar surface area (TPSA) is 31.2 Å². The highest BCUT2D eigenvalue weighted by atomic mass is 19.1. The van der Waals surface area contributed by atoms with Crippen LogP contribution in [0.2, 0.25) is 0 Å². The first-order chi connectivity index (χ1) is 33.8. The van der Waals surface area contributed by atoms with Gasteiger partial charge in [0.25, 0.3) is 0 Å². The van der Waals surface area contributed by atoms with Crippen molar-refractivity contribution in [2.24, 2.45) is 0 Å². The summed E-state index contributed by atoms with van der Waals surface area (Å²) in [6.07, 6.45) is 1.66. The van der Waals surface area contributed by atoms with E-state index in [0.29, 0.717) is 0 Å². The monoisotopic (exact) mass is 915 g/mol. The van der Waals surface area contributed by atoms with Crippen molar-refractivity contribution in [3.8, 4) is 39.1 Å². The maximum absolute atomic E-state index is 15.5. The molecule has 0 bridgehead atoms. The van der Waals surface area contributed by atoms with Crippen molar-refractivity contribution in [1.82, 2.24) is 4.57 Å². The van der Waals surface area contributed by atoms with E-state index in [9.17, 15) is 0 Å². The van der Waals surface area contributed by atoms with Crippen LogP contribution in [0.1, 0.15) is 81.7 Å². The van der Waals surface area contributed by atoms with E-state index in [2.05, 4.69) is 149 Å². The van der Waals surface area contributed by atoms with E-state index in [-0.39, 0.29) is 17.6 Å². The van der Waals surface area contributed by atoms with Crippen LogP contribution in [-0.4, -0.2) is 4.57 Å². The lowest BCUT2D eigenvalue weighted by molar-refractivity contribution is 0.543. The van der Waals surface area contributed by atoms with Gasteiger partial charge in [0.1, 0.15) is 34.0 Å². The molecule has 0 saturated heterocycles. The van der Waals surface area contributed by atoms with E-state index in [4.69, 9.17) is 8.83 Å². The van der Waals surface area contributed by atoms with E-state index < -0.39 is 10.8 Å². The van der Waals surface area contributed by atoms with Crippen molar-refractivity contribution in [2.75, 3.05) is 0 Å². The predicted molar refractivity (Wildman–Crippen MR) is 286 cm³/mol. The van der Waals surface area contributed by atoms with Crippen LogP contribution in [0, 0.1) is 11.6 Å². The summed E-state index contributed by atoms with van der Waals surface area (Å²) in [7, 11) is 0. The number of hydrogen-bond donors (Lipinski definition) is 0. The minimum atomic E-state index is -0.489. The molecule has 1 aliphatic rings. The Balaban J connectivity index is 1.32. The first-order valence-corrected chi connectivity index (χ1v) is 24.5. The molecule has 9 aromatic carbocycles. The molecule has 0 aliphatic heterocycles. The number of nitrogens with zero attached hydrogens (tertiary/aromatic N) is 1. The smallest absolute Gasteiger partial charge is 0.137 e. The minimum Gasteiger partial charge on any atom is -0.456 e. The third-order valence-electron chi connectivity index (χ3n) is 15.0. The zero-order chi connectivity index (χ0) is 47.8. The van der Waals surface area contributed by atoms with Crippen molar-refractivity contribution in [2.45, 2.75) is 71.1 Å². The summed E-state index contributed by atoms with van der Waals surface area (Å²) < 4.78 is 46.9. The Morgan fingerprint density at radius 2 is 0.971 bits per heavy atom. The number of furan rings is 2. The fraction of sp³-hybridized carbons (Fsp3) is 0.169. The van der Waals surface area contributed by atoms with Crippen LogP contribution < -0.4 is 0 Å². The Hall–Kier alpha value is -7.76. The van der Waals surface area contributed by atoms with Crippen LogP contribution in [0.3, 0.4) is 0 Å². The normalized spacial score (nSPS) is 14.3. The molecule has 0 fully saturated rings. The molecule has 1 aliphatic carbocycles. The highest BCUT2D eigenvalue weighted by Crippen LogP contribution is 2.58. The third-order valence-corrected chi connectivity index (χ3v) is 15.0. The Kier molecular flexibility index (Phi) is 9.30. The summed E-state index contributed by atoms with van der Waals surface area (Å²) in [5, 5.41) is 6.44. The van der Waals surface area contributed by atoms with Gasteiger partial charge >= 0.3 is 0 Å². The predicted octanol–water partition coefficient (Wildman–Crippen LogP) is 18.5. The van der Waals surface area contributed by atoms with Crippen LogP contribution in [-0.2, 0) is 17.3 Å². The largest absolute Gasteiger partial charge is 0.456 e. The Morgan fingerprint density at radius 1 is 0.457 bits per heavy atom.